The van der Waals surface area contributed by atoms with Gasteiger partial charge in [0.2, 0.25) is 0 Å². The fourth-order valence-corrected chi connectivity index (χ4v) is 11.1. The molecule has 0 aromatic carbocycles. The number of rotatable bonds is 68. The van der Waals surface area contributed by atoms with E-state index in [0.717, 1.165) is 70.6 Å². The van der Waals surface area contributed by atoms with Crippen LogP contribution in [-0.4, -0.2) is 37.2 Å². The first-order chi connectivity index (χ1) is 40.0. The highest BCUT2D eigenvalue weighted by Gasteiger charge is 2.19. The van der Waals surface area contributed by atoms with Crippen molar-refractivity contribution >= 4 is 17.9 Å². The smallest absolute Gasteiger partial charge is 0.306 e. The molecule has 81 heavy (non-hydrogen) atoms. The molecule has 6 heteroatoms. The molecule has 0 saturated carbocycles. The van der Waals surface area contributed by atoms with Crippen LogP contribution in [0.3, 0.4) is 0 Å². The van der Waals surface area contributed by atoms with Gasteiger partial charge >= 0.3 is 17.9 Å². The molecule has 0 spiro atoms. The van der Waals surface area contributed by atoms with Gasteiger partial charge in [0, 0.05) is 19.3 Å². The Balaban J connectivity index is 4.01. The summed E-state index contributed by atoms with van der Waals surface area (Å²) in [4.78, 5) is 38.3. The van der Waals surface area contributed by atoms with Gasteiger partial charge in [-0.05, 0) is 89.9 Å². The Morgan fingerprint density at radius 1 is 0.235 bits per heavy atom. The second-order valence-electron chi connectivity index (χ2n) is 24.8. The quantitative estimate of drug-likeness (QED) is 0.0261. The van der Waals surface area contributed by atoms with Crippen molar-refractivity contribution in [1.29, 1.82) is 0 Å². The summed E-state index contributed by atoms with van der Waals surface area (Å²) in [5.41, 5.74) is 0. The highest BCUT2D eigenvalue weighted by molar-refractivity contribution is 5.71. The molecule has 0 radical (unpaired) electrons. The Bertz CT molecular complexity index is 1350. The summed E-state index contributed by atoms with van der Waals surface area (Å²) in [6.45, 7) is 6.63. The molecule has 0 aromatic rings. The van der Waals surface area contributed by atoms with E-state index in [-0.39, 0.29) is 31.1 Å². The van der Waals surface area contributed by atoms with E-state index in [9.17, 15) is 14.4 Å². The predicted octanol–water partition coefficient (Wildman–Crippen LogP) is 25.1. The SMILES string of the molecule is CCC/C=C\CCCCCCCC(=O)OCC(COC(=O)CCCCCCCCCCCCCCCCCCCCCCCCC/C=C\CCCCCCCCCC)OC(=O)CCCCCCCCC/C=C\CCCCCCCCC. The minimum absolute atomic E-state index is 0.0720. The lowest BCUT2D eigenvalue weighted by Crippen LogP contribution is -2.30. The number of hydrogen-bond acceptors (Lipinski definition) is 6. The van der Waals surface area contributed by atoms with Crippen LogP contribution >= 0.6 is 0 Å². The summed E-state index contributed by atoms with van der Waals surface area (Å²) in [5, 5.41) is 0. The van der Waals surface area contributed by atoms with Crippen molar-refractivity contribution in [2.24, 2.45) is 0 Å². The molecule has 1 atom stereocenters. The van der Waals surface area contributed by atoms with E-state index in [1.54, 1.807) is 0 Å². The number of ether oxygens (including phenoxy) is 3. The summed E-state index contributed by atoms with van der Waals surface area (Å²) in [7, 11) is 0. The van der Waals surface area contributed by atoms with Crippen LogP contribution in [0, 0.1) is 0 Å². The molecule has 6 nitrogen and oxygen atoms in total. The molecule has 0 heterocycles. The van der Waals surface area contributed by atoms with Crippen molar-refractivity contribution in [3.05, 3.63) is 36.5 Å². The molecule has 0 amide bonds. The van der Waals surface area contributed by atoms with Crippen molar-refractivity contribution < 1.29 is 28.6 Å². The number of carbonyl (C=O) groups excluding carboxylic acids is 3. The lowest BCUT2D eigenvalue weighted by molar-refractivity contribution is -0.167. The summed E-state index contributed by atoms with van der Waals surface area (Å²) in [6.07, 6.45) is 87.9. The minimum Gasteiger partial charge on any atom is -0.462 e. The average Bonchev–Trinajstić information content (AvgIpc) is 3.47. The monoisotopic (exact) mass is 1140 g/mol. The predicted molar refractivity (Wildman–Crippen MR) is 353 cm³/mol. The summed E-state index contributed by atoms with van der Waals surface area (Å²) in [5.74, 6) is -0.863. The third-order valence-electron chi connectivity index (χ3n) is 16.6. The van der Waals surface area contributed by atoms with Crippen LogP contribution in [0.15, 0.2) is 36.5 Å². The highest BCUT2D eigenvalue weighted by atomic mass is 16.6. The van der Waals surface area contributed by atoms with E-state index in [0.29, 0.717) is 19.3 Å². The molecule has 0 aromatic heterocycles. The molecule has 0 aliphatic heterocycles. The maximum Gasteiger partial charge on any atom is 0.306 e. The Hall–Kier alpha value is -2.37. The fourth-order valence-electron chi connectivity index (χ4n) is 11.1. The second kappa shape index (κ2) is 70.1. The minimum atomic E-state index is -0.775. The molecule has 476 valence electrons. The van der Waals surface area contributed by atoms with E-state index >= 15 is 0 Å². The van der Waals surface area contributed by atoms with Crippen molar-refractivity contribution in [2.75, 3.05) is 13.2 Å². The molecule has 0 bridgehead atoms. The number of hydrogen-bond donors (Lipinski definition) is 0. The maximum atomic E-state index is 12.9. The van der Waals surface area contributed by atoms with Gasteiger partial charge in [0.05, 0.1) is 0 Å². The van der Waals surface area contributed by atoms with Crippen molar-refractivity contribution in [3.8, 4) is 0 Å². The Labute approximate surface area is 506 Å². The summed E-state index contributed by atoms with van der Waals surface area (Å²) < 4.78 is 16.9. The van der Waals surface area contributed by atoms with Crippen LogP contribution in [0.1, 0.15) is 406 Å². The van der Waals surface area contributed by atoms with Gasteiger partial charge in [-0.15, -0.1) is 0 Å². The third-order valence-corrected chi connectivity index (χ3v) is 16.6. The number of allylic oxidation sites excluding steroid dienone is 6. The Morgan fingerprint density at radius 3 is 0.667 bits per heavy atom. The molecule has 0 N–H and O–H groups in total. The first-order valence-electron chi connectivity index (χ1n) is 36.5. The largest absolute Gasteiger partial charge is 0.462 e. The summed E-state index contributed by atoms with van der Waals surface area (Å²) >= 11 is 0. The van der Waals surface area contributed by atoms with E-state index in [4.69, 9.17) is 14.2 Å². The van der Waals surface area contributed by atoms with E-state index in [2.05, 4.69) is 57.2 Å². The van der Waals surface area contributed by atoms with Crippen LogP contribution in [0.2, 0.25) is 0 Å². The van der Waals surface area contributed by atoms with E-state index in [1.165, 1.54) is 295 Å². The fraction of sp³-hybridized carbons (Fsp3) is 0.880. The van der Waals surface area contributed by atoms with Crippen LogP contribution in [0.25, 0.3) is 0 Å². The number of unbranched alkanes of at least 4 members (excludes halogenated alkanes) is 51. The molecule has 0 fully saturated rings. The Kier molecular flexibility index (Phi) is 68.1. The van der Waals surface area contributed by atoms with Gasteiger partial charge in [-0.1, -0.05) is 333 Å². The standard InChI is InChI=1S/C75H140O6/c1-4-7-10-13-16-19-22-24-26-28-30-31-32-33-34-35-36-37-38-39-40-41-42-43-44-45-46-48-49-51-53-56-59-62-65-68-74(77)80-71-72(70-79-73(76)67-64-61-58-55-21-18-15-12-9-6-3)81-75(78)69-66-63-60-57-54-52-50-47-29-27-25-23-20-17-14-11-8-5-2/h12,15,27-30,72H,4-11,13-14,16-26,31-71H2,1-3H3/b15-12-,29-27-,30-28-. The second-order valence-corrected chi connectivity index (χ2v) is 24.8. The van der Waals surface area contributed by atoms with Crippen molar-refractivity contribution in [1.82, 2.24) is 0 Å². The molecular formula is C75H140O6. The van der Waals surface area contributed by atoms with Crippen LogP contribution < -0.4 is 0 Å². The summed E-state index contributed by atoms with van der Waals surface area (Å²) in [6, 6.07) is 0. The molecular weight excluding hydrogens is 997 g/mol. The lowest BCUT2D eigenvalue weighted by atomic mass is 10.0. The molecule has 0 aliphatic rings. The van der Waals surface area contributed by atoms with Gasteiger partial charge in [0.15, 0.2) is 6.10 Å². The third kappa shape index (κ3) is 68.3. The number of esters is 3. The molecule has 0 aliphatic carbocycles. The van der Waals surface area contributed by atoms with Crippen molar-refractivity contribution in [2.45, 2.75) is 412 Å². The first-order valence-corrected chi connectivity index (χ1v) is 36.5. The van der Waals surface area contributed by atoms with E-state index < -0.39 is 6.10 Å². The van der Waals surface area contributed by atoms with Crippen molar-refractivity contribution in [3.63, 3.8) is 0 Å². The van der Waals surface area contributed by atoms with Gasteiger partial charge in [-0.3, -0.25) is 14.4 Å². The van der Waals surface area contributed by atoms with E-state index in [1.807, 2.05) is 0 Å². The maximum absolute atomic E-state index is 12.9. The van der Waals surface area contributed by atoms with Gasteiger partial charge < -0.3 is 14.2 Å². The Morgan fingerprint density at radius 2 is 0.432 bits per heavy atom. The van der Waals surface area contributed by atoms with Gasteiger partial charge in [-0.2, -0.15) is 0 Å². The first kappa shape index (κ1) is 78.6. The van der Waals surface area contributed by atoms with Crippen LogP contribution in [-0.2, 0) is 28.6 Å². The molecule has 1 unspecified atom stereocenters. The highest BCUT2D eigenvalue weighted by Crippen LogP contribution is 2.19. The normalized spacial score (nSPS) is 12.2. The van der Waals surface area contributed by atoms with Crippen LogP contribution in [0.5, 0.6) is 0 Å². The zero-order chi connectivity index (χ0) is 58.5. The lowest BCUT2D eigenvalue weighted by Gasteiger charge is -2.18. The molecule has 0 saturated heterocycles. The number of carbonyl (C=O) groups is 3. The zero-order valence-electron chi connectivity index (χ0n) is 54.8. The van der Waals surface area contributed by atoms with Gasteiger partial charge in [0.1, 0.15) is 13.2 Å². The van der Waals surface area contributed by atoms with Crippen LogP contribution in [0.4, 0.5) is 0 Å². The van der Waals surface area contributed by atoms with Gasteiger partial charge in [0.25, 0.3) is 0 Å². The average molecular weight is 1140 g/mol. The molecule has 0 rings (SSSR count). The topological polar surface area (TPSA) is 78.9 Å². The zero-order valence-corrected chi connectivity index (χ0v) is 54.8. The van der Waals surface area contributed by atoms with Gasteiger partial charge in [-0.25, -0.2) is 0 Å².